The molecule has 0 radical (unpaired) electrons. The first-order chi connectivity index (χ1) is 11.9. The maximum Gasteiger partial charge on any atom is 0.433 e. The largest absolute Gasteiger partial charge is 0.433 e. The van der Waals surface area contributed by atoms with Crippen molar-refractivity contribution in [3.63, 3.8) is 0 Å². The first kappa shape index (κ1) is 16.3. The zero-order valence-corrected chi connectivity index (χ0v) is 13.3. The number of alkyl halides is 3. The minimum atomic E-state index is -4.48. The molecule has 1 saturated heterocycles. The SMILES string of the molecule is O[C@@H]1C[C@H]2CN(c3nccc(C(F)(F)F)n3)C[C@H]2C[C@H]1n1ccnc1. The second kappa shape index (κ2) is 5.98. The normalized spacial score (nSPS) is 29.7. The van der Waals surface area contributed by atoms with E-state index in [-0.39, 0.29) is 23.8 Å². The van der Waals surface area contributed by atoms with E-state index in [1.165, 1.54) is 0 Å². The highest BCUT2D eigenvalue weighted by atomic mass is 19.4. The molecule has 4 rings (SSSR count). The van der Waals surface area contributed by atoms with E-state index in [0.717, 1.165) is 18.7 Å². The van der Waals surface area contributed by atoms with Gasteiger partial charge in [0.2, 0.25) is 5.95 Å². The van der Waals surface area contributed by atoms with Crippen LogP contribution in [0.4, 0.5) is 19.1 Å². The van der Waals surface area contributed by atoms with Gasteiger partial charge in [-0.05, 0) is 30.7 Å². The third-order valence-corrected chi connectivity index (χ3v) is 5.23. The summed E-state index contributed by atoms with van der Waals surface area (Å²) in [5.74, 6) is 0.625. The second-order valence-corrected chi connectivity index (χ2v) is 6.78. The van der Waals surface area contributed by atoms with Gasteiger partial charge in [-0.2, -0.15) is 13.2 Å². The Kier molecular flexibility index (Phi) is 3.90. The van der Waals surface area contributed by atoms with E-state index in [1.54, 1.807) is 17.4 Å². The van der Waals surface area contributed by atoms with Crippen LogP contribution in [0.2, 0.25) is 0 Å². The van der Waals surface area contributed by atoms with Crippen LogP contribution >= 0.6 is 0 Å². The summed E-state index contributed by atoms with van der Waals surface area (Å²) in [5.41, 5.74) is -0.927. The first-order valence-corrected chi connectivity index (χ1v) is 8.22. The highest BCUT2D eigenvalue weighted by Gasteiger charge is 2.43. The molecule has 0 bridgehead atoms. The zero-order chi connectivity index (χ0) is 17.6. The van der Waals surface area contributed by atoms with Gasteiger partial charge in [0.05, 0.1) is 18.5 Å². The van der Waals surface area contributed by atoms with Crippen molar-refractivity contribution in [1.82, 2.24) is 19.5 Å². The molecule has 134 valence electrons. The van der Waals surface area contributed by atoms with E-state index in [4.69, 9.17) is 0 Å². The van der Waals surface area contributed by atoms with Crippen LogP contribution in [0.25, 0.3) is 0 Å². The van der Waals surface area contributed by atoms with Crippen LogP contribution in [0, 0.1) is 11.8 Å². The zero-order valence-electron chi connectivity index (χ0n) is 13.3. The van der Waals surface area contributed by atoms with Crippen molar-refractivity contribution in [2.24, 2.45) is 11.8 Å². The Morgan fingerprint density at radius 1 is 1.12 bits per heavy atom. The summed E-state index contributed by atoms with van der Waals surface area (Å²) in [6, 6.07) is 0.831. The minimum absolute atomic E-state index is 0.0499. The fourth-order valence-electron chi connectivity index (χ4n) is 4.02. The smallest absolute Gasteiger partial charge is 0.391 e. The van der Waals surface area contributed by atoms with Gasteiger partial charge < -0.3 is 14.6 Å². The fraction of sp³-hybridized carbons (Fsp3) is 0.562. The Morgan fingerprint density at radius 2 is 1.88 bits per heavy atom. The van der Waals surface area contributed by atoms with Crippen molar-refractivity contribution < 1.29 is 18.3 Å². The van der Waals surface area contributed by atoms with Crippen molar-refractivity contribution in [3.8, 4) is 0 Å². The standard InChI is InChI=1S/C16H18F3N5O/c17-16(18,19)14-1-2-21-15(22-14)24-7-10-5-12(23-4-3-20-9-23)13(25)6-11(10)8-24/h1-4,9-13,25H,5-8H2/t10-,11+,12-,13-/m1/s1. The molecule has 1 aliphatic heterocycles. The van der Waals surface area contributed by atoms with E-state index in [0.29, 0.717) is 19.5 Å². The Labute approximate surface area is 142 Å². The molecule has 4 atom stereocenters. The Balaban J connectivity index is 1.52. The van der Waals surface area contributed by atoms with Gasteiger partial charge >= 0.3 is 6.18 Å². The summed E-state index contributed by atoms with van der Waals surface area (Å²) < 4.78 is 40.5. The van der Waals surface area contributed by atoms with Gasteiger partial charge in [-0.15, -0.1) is 0 Å². The molecule has 0 spiro atoms. The first-order valence-electron chi connectivity index (χ1n) is 8.22. The molecular weight excluding hydrogens is 335 g/mol. The molecule has 0 aromatic carbocycles. The Bertz CT molecular complexity index is 736. The number of halogens is 3. The number of hydrogen-bond acceptors (Lipinski definition) is 5. The quantitative estimate of drug-likeness (QED) is 0.896. The molecule has 3 heterocycles. The monoisotopic (exact) mass is 353 g/mol. The van der Waals surface area contributed by atoms with Crippen LogP contribution in [0.1, 0.15) is 24.6 Å². The highest BCUT2D eigenvalue weighted by molar-refractivity contribution is 5.33. The molecular formula is C16H18F3N5O. The van der Waals surface area contributed by atoms with Gasteiger partial charge in [0, 0.05) is 31.7 Å². The number of fused-ring (bicyclic) bond motifs is 1. The molecule has 6 nitrogen and oxygen atoms in total. The van der Waals surface area contributed by atoms with Crippen LogP contribution in [0.5, 0.6) is 0 Å². The maximum atomic E-state index is 12.9. The minimum Gasteiger partial charge on any atom is -0.391 e. The van der Waals surface area contributed by atoms with E-state index in [9.17, 15) is 18.3 Å². The van der Waals surface area contributed by atoms with Gasteiger partial charge in [-0.3, -0.25) is 0 Å². The topological polar surface area (TPSA) is 67.1 Å². The van der Waals surface area contributed by atoms with Crippen molar-refractivity contribution in [3.05, 3.63) is 36.7 Å². The van der Waals surface area contributed by atoms with Crippen LogP contribution in [-0.2, 0) is 6.18 Å². The number of aliphatic hydroxyl groups is 1. The summed E-state index contributed by atoms with van der Waals surface area (Å²) in [5, 5.41) is 10.4. The van der Waals surface area contributed by atoms with Gasteiger partial charge in [-0.25, -0.2) is 15.0 Å². The summed E-state index contributed by atoms with van der Waals surface area (Å²) >= 11 is 0. The number of anilines is 1. The number of nitrogens with zero attached hydrogens (tertiary/aromatic N) is 5. The van der Waals surface area contributed by atoms with Gasteiger partial charge in [0.1, 0.15) is 5.69 Å². The molecule has 1 aliphatic carbocycles. The predicted molar refractivity (Wildman–Crippen MR) is 82.7 cm³/mol. The highest BCUT2D eigenvalue weighted by Crippen LogP contribution is 2.42. The van der Waals surface area contributed by atoms with Gasteiger partial charge in [0.25, 0.3) is 0 Å². The third kappa shape index (κ3) is 3.08. The molecule has 2 fully saturated rings. The van der Waals surface area contributed by atoms with Crippen molar-refractivity contribution in [1.29, 1.82) is 0 Å². The fourth-order valence-corrected chi connectivity index (χ4v) is 4.02. The van der Waals surface area contributed by atoms with E-state index < -0.39 is 18.0 Å². The van der Waals surface area contributed by atoms with Crippen molar-refractivity contribution >= 4 is 5.95 Å². The Morgan fingerprint density at radius 3 is 2.56 bits per heavy atom. The molecule has 1 saturated carbocycles. The van der Waals surface area contributed by atoms with Gasteiger partial charge in [-0.1, -0.05) is 0 Å². The average molecular weight is 353 g/mol. The lowest BCUT2D eigenvalue weighted by Gasteiger charge is -2.35. The van der Waals surface area contributed by atoms with Crippen molar-refractivity contribution in [2.45, 2.75) is 31.2 Å². The second-order valence-electron chi connectivity index (χ2n) is 6.78. The molecule has 0 amide bonds. The molecule has 2 aromatic heterocycles. The summed E-state index contributed by atoms with van der Waals surface area (Å²) in [6.45, 7) is 1.17. The molecule has 25 heavy (non-hydrogen) atoms. The van der Waals surface area contributed by atoms with Crippen LogP contribution < -0.4 is 4.90 Å². The number of hydrogen-bond donors (Lipinski definition) is 1. The maximum absolute atomic E-state index is 12.9. The van der Waals surface area contributed by atoms with Crippen LogP contribution in [0.3, 0.4) is 0 Å². The van der Waals surface area contributed by atoms with E-state index in [2.05, 4.69) is 15.0 Å². The summed E-state index contributed by atoms with van der Waals surface area (Å²) in [6.07, 6.45) is 2.76. The van der Waals surface area contributed by atoms with Gasteiger partial charge in [0.15, 0.2) is 0 Å². The van der Waals surface area contributed by atoms with Crippen molar-refractivity contribution in [2.75, 3.05) is 18.0 Å². The lowest BCUT2D eigenvalue weighted by molar-refractivity contribution is -0.141. The number of aromatic nitrogens is 4. The molecule has 2 aromatic rings. The number of imidazole rings is 1. The molecule has 0 unspecified atom stereocenters. The average Bonchev–Trinajstić information content (AvgIpc) is 3.22. The molecule has 2 aliphatic rings. The number of rotatable bonds is 2. The number of aliphatic hydroxyl groups excluding tert-OH is 1. The van der Waals surface area contributed by atoms with E-state index >= 15 is 0 Å². The Hall–Kier alpha value is -2.16. The van der Waals surface area contributed by atoms with Crippen LogP contribution in [-0.4, -0.2) is 43.8 Å². The van der Waals surface area contributed by atoms with Crippen LogP contribution in [0.15, 0.2) is 31.0 Å². The summed E-state index contributed by atoms with van der Waals surface area (Å²) in [4.78, 5) is 13.5. The lowest BCUT2D eigenvalue weighted by Crippen LogP contribution is -2.35. The summed E-state index contributed by atoms with van der Waals surface area (Å²) in [7, 11) is 0. The van der Waals surface area contributed by atoms with E-state index in [1.807, 2.05) is 10.8 Å². The molecule has 9 heteroatoms. The predicted octanol–water partition coefficient (Wildman–Crippen LogP) is 2.14. The molecule has 1 N–H and O–H groups in total. The lowest BCUT2D eigenvalue weighted by atomic mass is 9.77. The third-order valence-electron chi connectivity index (χ3n) is 5.23.